The van der Waals surface area contributed by atoms with Crippen LogP contribution in [0.25, 0.3) is 42.4 Å². The monoisotopic (exact) mass is 370 g/mol. The highest BCUT2D eigenvalue weighted by molar-refractivity contribution is 7.27. The average Bonchev–Trinajstić information content (AvgIpc) is 3.09. The lowest BCUT2D eigenvalue weighted by atomic mass is 9.94. The largest absolute Gasteiger partial charge is 0.133 e. The van der Waals surface area contributed by atoms with Gasteiger partial charge in [-0.1, -0.05) is 96.5 Å². The van der Waals surface area contributed by atoms with Crippen LogP contribution in [0.5, 0.6) is 0 Å². The van der Waals surface area contributed by atoms with E-state index in [2.05, 4.69) is 78.9 Å². The first-order valence-corrected chi connectivity index (χ1v) is 9.77. The summed E-state index contributed by atoms with van der Waals surface area (Å²) in [5, 5.41) is 3.33. The SMILES string of the molecule is Clc1cccc2c1sc1c(-c3ccccc3-c3ccccc3)cccc12. The summed E-state index contributed by atoms with van der Waals surface area (Å²) in [4.78, 5) is 0. The van der Waals surface area contributed by atoms with Gasteiger partial charge in [0.15, 0.2) is 0 Å². The molecule has 0 nitrogen and oxygen atoms in total. The summed E-state index contributed by atoms with van der Waals surface area (Å²) in [6.07, 6.45) is 0. The minimum Gasteiger partial charge on any atom is -0.133 e. The molecular weight excluding hydrogens is 356 g/mol. The zero-order valence-corrected chi connectivity index (χ0v) is 15.5. The molecule has 0 amide bonds. The van der Waals surface area contributed by atoms with E-state index in [1.807, 2.05) is 12.1 Å². The van der Waals surface area contributed by atoms with Crippen LogP contribution in [0.1, 0.15) is 0 Å². The van der Waals surface area contributed by atoms with E-state index in [-0.39, 0.29) is 0 Å². The van der Waals surface area contributed by atoms with Crippen LogP contribution in [-0.2, 0) is 0 Å². The third-order valence-electron chi connectivity index (χ3n) is 4.78. The van der Waals surface area contributed by atoms with Crippen LogP contribution in [0.15, 0.2) is 91.0 Å². The number of hydrogen-bond donors (Lipinski definition) is 0. The molecule has 0 saturated heterocycles. The van der Waals surface area contributed by atoms with Gasteiger partial charge in [-0.3, -0.25) is 0 Å². The maximum absolute atomic E-state index is 6.46. The molecule has 0 radical (unpaired) electrons. The zero-order valence-electron chi connectivity index (χ0n) is 13.9. The molecule has 26 heavy (non-hydrogen) atoms. The van der Waals surface area contributed by atoms with E-state index < -0.39 is 0 Å². The Balaban J connectivity index is 1.84. The Labute approximate surface area is 161 Å². The van der Waals surface area contributed by atoms with Crippen molar-refractivity contribution in [2.45, 2.75) is 0 Å². The van der Waals surface area contributed by atoms with Crippen LogP contribution in [0.4, 0.5) is 0 Å². The van der Waals surface area contributed by atoms with Gasteiger partial charge in [-0.25, -0.2) is 0 Å². The molecular formula is C24H15ClS. The molecule has 2 heteroatoms. The van der Waals surface area contributed by atoms with Crippen LogP contribution in [0.2, 0.25) is 5.02 Å². The van der Waals surface area contributed by atoms with E-state index in [4.69, 9.17) is 11.6 Å². The fourth-order valence-corrected chi connectivity index (χ4v) is 5.11. The van der Waals surface area contributed by atoms with E-state index in [0.29, 0.717) is 0 Å². The van der Waals surface area contributed by atoms with Crippen molar-refractivity contribution in [2.75, 3.05) is 0 Å². The molecule has 5 rings (SSSR count). The summed E-state index contributed by atoms with van der Waals surface area (Å²) in [5.41, 5.74) is 5.01. The van der Waals surface area contributed by atoms with Crippen molar-refractivity contribution < 1.29 is 0 Å². The minimum atomic E-state index is 0.825. The predicted molar refractivity (Wildman–Crippen MR) is 115 cm³/mol. The second-order valence-corrected chi connectivity index (χ2v) is 7.74. The summed E-state index contributed by atoms with van der Waals surface area (Å²) in [6.45, 7) is 0. The van der Waals surface area contributed by atoms with Crippen LogP contribution < -0.4 is 0 Å². The summed E-state index contributed by atoms with van der Waals surface area (Å²) in [6, 6.07) is 31.9. The molecule has 0 bridgehead atoms. The summed E-state index contributed by atoms with van der Waals surface area (Å²) in [5.74, 6) is 0. The smallest absolute Gasteiger partial charge is 0.0584 e. The molecule has 124 valence electrons. The van der Waals surface area contributed by atoms with E-state index >= 15 is 0 Å². The molecule has 5 aromatic rings. The third-order valence-corrected chi connectivity index (χ3v) is 6.49. The van der Waals surface area contributed by atoms with Crippen molar-refractivity contribution in [2.24, 2.45) is 0 Å². The average molecular weight is 371 g/mol. The van der Waals surface area contributed by atoms with Gasteiger partial charge in [-0.05, 0) is 22.8 Å². The molecule has 0 saturated carbocycles. The van der Waals surface area contributed by atoms with Gasteiger partial charge in [0.25, 0.3) is 0 Å². The van der Waals surface area contributed by atoms with Gasteiger partial charge in [0.1, 0.15) is 0 Å². The Morgan fingerprint density at radius 2 is 1.12 bits per heavy atom. The van der Waals surface area contributed by atoms with E-state index in [0.717, 1.165) is 9.72 Å². The van der Waals surface area contributed by atoms with Gasteiger partial charge in [0.05, 0.1) is 9.72 Å². The van der Waals surface area contributed by atoms with Crippen molar-refractivity contribution in [1.29, 1.82) is 0 Å². The molecule has 0 aliphatic rings. The molecule has 0 atom stereocenters. The first-order valence-electron chi connectivity index (χ1n) is 8.57. The Hall–Kier alpha value is -2.61. The summed E-state index contributed by atoms with van der Waals surface area (Å²) < 4.78 is 2.45. The maximum atomic E-state index is 6.46. The zero-order chi connectivity index (χ0) is 17.5. The molecule has 0 unspecified atom stereocenters. The number of hydrogen-bond acceptors (Lipinski definition) is 1. The van der Waals surface area contributed by atoms with Crippen LogP contribution in [0.3, 0.4) is 0 Å². The molecule has 1 aromatic heterocycles. The normalized spacial score (nSPS) is 11.3. The first-order chi connectivity index (χ1) is 12.8. The molecule has 4 aromatic carbocycles. The molecule has 0 fully saturated rings. The standard InChI is InChI=1S/C24H15ClS/c25-22-15-7-14-21-20-13-6-12-19(23(20)26-24(21)22)18-11-5-4-10-17(18)16-8-2-1-3-9-16/h1-15H. The highest BCUT2D eigenvalue weighted by atomic mass is 35.5. The second-order valence-electron chi connectivity index (χ2n) is 6.31. The molecule has 1 heterocycles. The van der Waals surface area contributed by atoms with Crippen molar-refractivity contribution >= 4 is 43.1 Å². The maximum Gasteiger partial charge on any atom is 0.0584 e. The van der Waals surface area contributed by atoms with Crippen LogP contribution in [-0.4, -0.2) is 0 Å². The Morgan fingerprint density at radius 1 is 0.500 bits per heavy atom. The van der Waals surface area contributed by atoms with E-state index in [9.17, 15) is 0 Å². The van der Waals surface area contributed by atoms with Crippen LogP contribution >= 0.6 is 22.9 Å². The molecule has 0 aliphatic heterocycles. The molecule has 0 aliphatic carbocycles. The highest BCUT2D eigenvalue weighted by Crippen LogP contribution is 2.44. The number of rotatable bonds is 2. The molecule has 0 spiro atoms. The Bertz CT molecular complexity index is 1240. The first kappa shape index (κ1) is 15.6. The van der Waals surface area contributed by atoms with Crippen LogP contribution in [0, 0.1) is 0 Å². The van der Waals surface area contributed by atoms with E-state index in [1.54, 1.807) is 11.3 Å². The lowest BCUT2D eigenvalue weighted by Crippen LogP contribution is -1.85. The van der Waals surface area contributed by atoms with Gasteiger partial charge in [-0.2, -0.15) is 0 Å². The molecule has 0 N–H and O–H groups in total. The highest BCUT2D eigenvalue weighted by Gasteiger charge is 2.14. The van der Waals surface area contributed by atoms with Gasteiger partial charge in [0.2, 0.25) is 0 Å². The number of halogens is 1. The Morgan fingerprint density at radius 3 is 1.92 bits per heavy atom. The van der Waals surface area contributed by atoms with Crippen molar-refractivity contribution in [3.05, 3.63) is 96.0 Å². The van der Waals surface area contributed by atoms with Gasteiger partial charge >= 0.3 is 0 Å². The quantitative estimate of drug-likeness (QED) is 0.295. The summed E-state index contributed by atoms with van der Waals surface area (Å²) >= 11 is 8.25. The lowest BCUT2D eigenvalue weighted by molar-refractivity contribution is 1.60. The minimum absolute atomic E-state index is 0.825. The number of fused-ring (bicyclic) bond motifs is 3. The third kappa shape index (κ3) is 2.44. The van der Waals surface area contributed by atoms with Gasteiger partial charge in [-0.15, -0.1) is 11.3 Å². The predicted octanol–water partition coefficient (Wildman–Crippen LogP) is 8.04. The van der Waals surface area contributed by atoms with Gasteiger partial charge in [0, 0.05) is 21.0 Å². The fourth-order valence-electron chi connectivity index (χ4n) is 3.59. The van der Waals surface area contributed by atoms with Gasteiger partial charge < -0.3 is 0 Å². The Kier molecular flexibility index (Phi) is 3.77. The fraction of sp³-hybridized carbons (Fsp3) is 0. The summed E-state index contributed by atoms with van der Waals surface area (Å²) in [7, 11) is 0. The van der Waals surface area contributed by atoms with Crippen molar-refractivity contribution in [3.63, 3.8) is 0 Å². The lowest BCUT2D eigenvalue weighted by Gasteiger charge is -2.11. The van der Waals surface area contributed by atoms with E-state index in [1.165, 1.54) is 37.7 Å². The number of benzene rings is 4. The topological polar surface area (TPSA) is 0 Å². The second kappa shape index (κ2) is 6.28. The number of thiophene rings is 1. The van der Waals surface area contributed by atoms with Crippen molar-refractivity contribution in [3.8, 4) is 22.3 Å². The van der Waals surface area contributed by atoms with Crippen molar-refractivity contribution in [1.82, 2.24) is 0 Å².